The number of hydrogen-bond donors (Lipinski definition) is 2. The van der Waals surface area contributed by atoms with Crippen LogP contribution >= 0.6 is 0 Å². The van der Waals surface area contributed by atoms with E-state index in [2.05, 4.69) is 34.6 Å². The van der Waals surface area contributed by atoms with E-state index in [1.54, 1.807) is 24.3 Å². The van der Waals surface area contributed by atoms with Gasteiger partial charge in [0.1, 0.15) is 0 Å². The lowest BCUT2D eigenvalue weighted by Gasteiger charge is -2.07. The smallest absolute Gasteiger partial charge is 0.328 e. The number of aromatic amines is 1. The molecule has 1 heterocycles. The minimum absolute atomic E-state index is 0.00752. The van der Waals surface area contributed by atoms with Crippen LogP contribution in [0.25, 0.3) is 10.9 Å². The number of aromatic nitrogens is 2. The molecule has 1 aromatic heterocycles. The average Bonchev–Trinajstić information content (AvgIpc) is 2.69. The van der Waals surface area contributed by atoms with Crippen LogP contribution in [0.5, 0.6) is 0 Å². The molecule has 146 valence electrons. The Morgan fingerprint density at radius 2 is 1.79 bits per heavy atom. The highest BCUT2D eigenvalue weighted by molar-refractivity contribution is 5.77. The maximum atomic E-state index is 12.4. The largest absolute Gasteiger partial charge is 0.356 e. The third-order valence-corrected chi connectivity index (χ3v) is 4.78. The van der Waals surface area contributed by atoms with Crippen LogP contribution in [0.4, 0.5) is 0 Å². The summed E-state index contributed by atoms with van der Waals surface area (Å²) in [6.45, 7) is 2.95. The van der Waals surface area contributed by atoms with Crippen molar-refractivity contribution in [1.29, 1.82) is 0 Å². The van der Waals surface area contributed by atoms with Crippen molar-refractivity contribution in [2.45, 2.75) is 39.2 Å². The second-order valence-electron chi connectivity index (χ2n) is 6.98. The maximum Gasteiger partial charge on any atom is 0.328 e. The first-order valence-electron chi connectivity index (χ1n) is 9.59. The van der Waals surface area contributed by atoms with E-state index in [1.165, 1.54) is 15.7 Å². The second kappa shape index (κ2) is 9.17. The van der Waals surface area contributed by atoms with Crippen molar-refractivity contribution < 1.29 is 4.79 Å². The number of carbonyl (C=O) groups is 1. The molecule has 6 heteroatoms. The van der Waals surface area contributed by atoms with Gasteiger partial charge in [-0.15, -0.1) is 0 Å². The van der Waals surface area contributed by atoms with Crippen LogP contribution in [-0.4, -0.2) is 22.0 Å². The summed E-state index contributed by atoms with van der Waals surface area (Å²) in [5.74, 6) is -0.00752. The molecule has 0 aliphatic heterocycles. The number of nitrogens with zero attached hydrogens (tertiary/aromatic N) is 1. The monoisotopic (exact) mass is 379 g/mol. The summed E-state index contributed by atoms with van der Waals surface area (Å²) in [4.78, 5) is 39.2. The van der Waals surface area contributed by atoms with Gasteiger partial charge in [-0.25, -0.2) is 4.79 Å². The van der Waals surface area contributed by atoms with Gasteiger partial charge in [-0.3, -0.25) is 14.2 Å². The molecule has 0 saturated heterocycles. The fourth-order valence-electron chi connectivity index (χ4n) is 3.15. The van der Waals surface area contributed by atoms with E-state index < -0.39 is 5.69 Å². The number of amides is 1. The Labute approximate surface area is 163 Å². The molecule has 2 aromatic carbocycles. The fraction of sp³-hybridized carbons (Fsp3) is 0.318. The van der Waals surface area contributed by atoms with Crippen LogP contribution in [0.1, 0.15) is 30.4 Å². The first kappa shape index (κ1) is 19.6. The highest BCUT2D eigenvalue weighted by atomic mass is 16.2. The van der Waals surface area contributed by atoms with Gasteiger partial charge in [0.2, 0.25) is 5.91 Å². The van der Waals surface area contributed by atoms with E-state index in [0.717, 1.165) is 6.42 Å². The molecule has 0 radical (unpaired) electrons. The Balaban J connectivity index is 1.43. The number of para-hydroxylation sites is 1. The SMILES string of the molecule is Cc1ccc(CCNC(=O)CCCCn2c(=O)[nH]c3ccccc3c2=O)cc1. The summed E-state index contributed by atoms with van der Waals surface area (Å²) >= 11 is 0. The first-order valence-corrected chi connectivity index (χ1v) is 9.59. The average molecular weight is 379 g/mol. The lowest BCUT2D eigenvalue weighted by molar-refractivity contribution is -0.121. The number of nitrogens with one attached hydrogen (secondary N) is 2. The van der Waals surface area contributed by atoms with Gasteiger partial charge in [0.15, 0.2) is 0 Å². The van der Waals surface area contributed by atoms with Crippen molar-refractivity contribution in [3.05, 3.63) is 80.5 Å². The highest BCUT2D eigenvalue weighted by Gasteiger charge is 2.07. The summed E-state index contributed by atoms with van der Waals surface area (Å²) in [6.07, 6.45) is 2.39. The van der Waals surface area contributed by atoms with E-state index in [-0.39, 0.29) is 11.5 Å². The van der Waals surface area contributed by atoms with Crippen LogP contribution in [0.3, 0.4) is 0 Å². The topological polar surface area (TPSA) is 84.0 Å². The molecule has 0 spiro atoms. The van der Waals surface area contributed by atoms with Gasteiger partial charge in [0.05, 0.1) is 10.9 Å². The van der Waals surface area contributed by atoms with Gasteiger partial charge in [-0.05, 0) is 43.9 Å². The molecule has 0 atom stereocenters. The van der Waals surface area contributed by atoms with Crippen LogP contribution in [-0.2, 0) is 17.8 Å². The number of aryl methyl sites for hydroxylation is 1. The molecule has 3 rings (SSSR count). The van der Waals surface area contributed by atoms with Crippen molar-refractivity contribution >= 4 is 16.8 Å². The number of H-pyrrole nitrogens is 1. The molecule has 0 saturated carbocycles. The van der Waals surface area contributed by atoms with E-state index in [0.29, 0.717) is 43.3 Å². The number of benzene rings is 2. The molecule has 0 fully saturated rings. The molecule has 0 unspecified atom stereocenters. The molecule has 0 aliphatic carbocycles. The third kappa shape index (κ3) is 4.97. The summed E-state index contributed by atoms with van der Waals surface area (Å²) < 4.78 is 1.21. The van der Waals surface area contributed by atoms with Crippen LogP contribution < -0.4 is 16.6 Å². The molecule has 0 aliphatic rings. The highest BCUT2D eigenvalue weighted by Crippen LogP contribution is 2.05. The van der Waals surface area contributed by atoms with Gasteiger partial charge in [0, 0.05) is 19.5 Å². The Hall–Kier alpha value is -3.15. The van der Waals surface area contributed by atoms with Gasteiger partial charge >= 0.3 is 5.69 Å². The van der Waals surface area contributed by atoms with Crippen LogP contribution in [0, 0.1) is 6.92 Å². The predicted molar refractivity (Wildman–Crippen MR) is 111 cm³/mol. The molecule has 3 aromatic rings. The van der Waals surface area contributed by atoms with Gasteiger partial charge < -0.3 is 10.3 Å². The van der Waals surface area contributed by atoms with Crippen molar-refractivity contribution in [3.63, 3.8) is 0 Å². The normalized spacial score (nSPS) is 10.9. The van der Waals surface area contributed by atoms with Crippen molar-refractivity contribution in [2.24, 2.45) is 0 Å². The molecular formula is C22H25N3O3. The Bertz CT molecular complexity index is 1060. The van der Waals surface area contributed by atoms with E-state index in [4.69, 9.17) is 0 Å². The lowest BCUT2D eigenvalue weighted by atomic mass is 10.1. The lowest BCUT2D eigenvalue weighted by Crippen LogP contribution is -2.35. The summed E-state index contributed by atoms with van der Waals surface area (Å²) in [6, 6.07) is 15.2. The van der Waals surface area contributed by atoms with Gasteiger partial charge in [-0.2, -0.15) is 0 Å². The quantitative estimate of drug-likeness (QED) is 0.590. The first-order chi connectivity index (χ1) is 13.5. The maximum absolute atomic E-state index is 12.4. The number of fused-ring (bicyclic) bond motifs is 1. The zero-order valence-corrected chi connectivity index (χ0v) is 16.0. The summed E-state index contributed by atoms with van der Waals surface area (Å²) in [5, 5.41) is 3.41. The Kier molecular flexibility index (Phi) is 6.42. The molecule has 6 nitrogen and oxygen atoms in total. The van der Waals surface area contributed by atoms with Crippen molar-refractivity contribution in [3.8, 4) is 0 Å². The van der Waals surface area contributed by atoms with E-state index in [9.17, 15) is 14.4 Å². The molecule has 1 amide bonds. The van der Waals surface area contributed by atoms with E-state index >= 15 is 0 Å². The third-order valence-electron chi connectivity index (χ3n) is 4.78. The molecule has 0 bridgehead atoms. The number of rotatable bonds is 8. The Morgan fingerprint density at radius 1 is 1.04 bits per heavy atom. The fourth-order valence-corrected chi connectivity index (χ4v) is 3.15. The van der Waals surface area contributed by atoms with E-state index in [1.807, 2.05) is 6.92 Å². The minimum atomic E-state index is -0.411. The zero-order valence-electron chi connectivity index (χ0n) is 16.0. The Morgan fingerprint density at radius 3 is 2.57 bits per heavy atom. The van der Waals surface area contributed by atoms with Crippen LogP contribution in [0.15, 0.2) is 58.1 Å². The molecule has 28 heavy (non-hydrogen) atoms. The molecule has 2 N–H and O–H groups in total. The van der Waals surface area contributed by atoms with Crippen molar-refractivity contribution in [2.75, 3.05) is 6.54 Å². The summed E-state index contributed by atoms with van der Waals surface area (Å²) in [5.41, 5.74) is 2.26. The van der Waals surface area contributed by atoms with Crippen LogP contribution in [0.2, 0.25) is 0 Å². The van der Waals surface area contributed by atoms with Gasteiger partial charge in [-0.1, -0.05) is 42.0 Å². The number of unbranched alkanes of at least 4 members (excludes halogenated alkanes) is 1. The molecular weight excluding hydrogens is 354 g/mol. The van der Waals surface area contributed by atoms with Gasteiger partial charge in [0.25, 0.3) is 5.56 Å². The zero-order chi connectivity index (χ0) is 19.9. The predicted octanol–water partition coefficient (Wildman–Crippen LogP) is 2.53. The van der Waals surface area contributed by atoms with Crippen molar-refractivity contribution in [1.82, 2.24) is 14.9 Å². The number of hydrogen-bond acceptors (Lipinski definition) is 3. The number of carbonyl (C=O) groups excluding carboxylic acids is 1. The minimum Gasteiger partial charge on any atom is -0.356 e. The summed E-state index contributed by atoms with van der Waals surface area (Å²) in [7, 11) is 0. The second-order valence-corrected chi connectivity index (χ2v) is 6.98. The standard InChI is InChI=1S/C22H25N3O3/c1-16-9-11-17(12-10-16)13-14-23-20(26)8-4-5-15-25-21(27)18-6-2-3-7-19(18)24-22(25)28/h2-3,6-7,9-12H,4-5,8,13-15H2,1H3,(H,23,26)(H,24,28).